The van der Waals surface area contributed by atoms with Crippen molar-refractivity contribution in [1.82, 2.24) is 5.32 Å². The van der Waals surface area contributed by atoms with Gasteiger partial charge in [0.1, 0.15) is 0 Å². The van der Waals surface area contributed by atoms with E-state index in [9.17, 15) is 5.11 Å². The van der Waals surface area contributed by atoms with Crippen molar-refractivity contribution >= 4 is 0 Å². The summed E-state index contributed by atoms with van der Waals surface area (Å²) in [5, 5.41) is 13.2. The minimum absolute atomic E-state index is 0.156. The van der Waals surface area contributed by atoms with Crippen molar-refractivity contribution in [3.8, 4) is 0 Å². The summed E-state index contributed by atoms with van der Waals surface area (Å²) in [6.07, 6.45) is 1.54. The molecule has 2 heteroatoms. The highest BCUT2D eigenvalue weighted by Crippen LogP contribution is 2.25. The average molecular weight is 191 g/mol. The van der Waals surface area contributed by atoms with E-state index < -0.39 is 0 Å². The quantitative estimate of drug-likeness (QED) is 0.710. The fraction of sp³-hybridized carbons (Fsp3) is 0.500. The number of nitrogens with one attached hydrogen (secondary N) is 1. The van der Waals surface area contributed by atoms with Gasteiger partial charge < -0.3 is 10.4 Å². The fourth-order valence-electron chi connectivity index (χ4n) is 2.17. The van der Waals surface area contributed by atoms with Crippen molar-refractivity contribution in [2.24, 2.45) is 0 Å². The number of hydrogen-bond acceptors (Lipinski definition) is 2. The van der Waals surface area contributed by atoms with Crippen LogP contribution in [0.25, 0.3) is 0 Å². The summed E-state index contributed by atoms with van der Waals surface area (Å²) in [5.74, 6) is 0. The van der Waals surface area contributed by atoms with Gasteiger partial charge in [-0.15, -0.1) is 0 Å². The van der Waals surface area contributed by atoms with E-state index in [0.717, 1.165) is 12.8 Å². The Balaban J connectivity index is 2.11. The lowest BCUT2D eigenvalue weighted by molar-refractivity contribution is 0.0975. The maximum absolute atomic E-state index is 9.67. The van der Waals surface area contributed by atoms with Crippen LogP contribution in [-0.4, -0.2) is 17.3 Å². The molecule has 0 saturated carbocycles. The molecule has 1 fully saturated rings. The number of rotatable bonds is 1. The third kappa shape index (κ3) is 2.14. The maximum atomic E-state index is 9.67. The van der Waals surface area contributed by atoms with Crippen molar-refractivity contribution in [3.63, 3.8) is 0 Å². The highest BCUT2D eigenvalue weighted by atomic mass is 16.3. The minimum Gasteiger partial charge on any atom is -0.393 e. The van der Waals surface area contributed by atoms with Crippen LogP contribution in [0.4, 0.5) is 0 Å². The van der Waals surface area contributed by atoms with Crippen LogP contribution in [0.5, 0.6) is 0 Å². The summed E-state index contributed by atoms with van der Waals surface area (Å²) >= 11 is 0. The van der Waals surface area contributed by atoms with E-state index >= 15 is 0 Å². The number of aliphatic hydroxyl groups is 1. The van der Waals surface area contributed by atoms with Gasteiger partial charge in [-0.25, -0.2) is 0 Å². The van der Waals surface area contributed by atoms with Gasteiger partial charge in [0, 0.05) is 12.1 Å². The Morgan fingerprint density at radius 1 is 1.21 bits per heavy atom. The summed E-state index contributed by atoms with van der Waals surface area (Å²) in [6, 6.07) is 11.1. The van der Waals surface area contributed by atoms with Crippen LogP contribution < -0.4 is 5.32 Å². The molecule has 76 valence electrons. The summed E-state index contributed by atoms with van der Waals surface area (Å²) < 4.78 is 0. The number of benzene rings is 1. The summed E-state index contributed by atoms with van der Waals surface area (Å²) in [5.41, 5.74) is 1.28. The summed E-state index contributed by atoms with van der Waals surface area (Å²) in [4.78, 5) is 0. The maximum Gasteiger partial charge on any atom is 0.0573 e. The lowest BCUT2D eigenvalue weighted by Crippen LogP contribution is -2.40. The van der Waals surface area contributed by atoms with Gasteiger partial charge in [-0.2, -0.15) is 0 Å². The number of aliphatic hydroxyl groups excluding tert-OH is 1. The molecule has 2 N–H and O–H groups in total. The van der Waals surface area contributed by atoms with Crippen molar-refractivity contribution in [1.29, 1.82) is 0 Å². The molecule has 0 bridgehead atoms. The van der Waals surface area contributed by atoms with E-state index in [2.05, 4.69) is 24.4 Å². The van der Waals surface area contributed by atoms with E-state index in [1.807, 2.05) is 18.2 Å². The topological polar surface area (TPSA) is 32.3 Å². The zero-order valence-electron chi connectivity index (χ0n) is 8.48. The third-order valence-electron chi connectivity index (χ3n) is 2.82. The van der Waals surface area contributed by atoms with Gasteiger partial charge in [0.2, 0.25) is 0 Å². The Labute approximate surface area is 85.0 Å². The molecule has 1 aromatic rings. The van der Waals surface area contributed by atoms with Crippen LogP contribution in [-0.2, 0) is 0 Å². The molecule has 0 amide bonds. The second-order valence-electron chi connectivity index (χ2n) is 4.16. The van der Waals surface area contributed by atoms with Gasteiger partial charge in [-0.05, 0) is 25.3 Å². The molecule has 1 aliphatic rings. The van der Waals surface area contributed by atoms with E-state index in [1.54, 1.807) is 0 Å². The van der Waals surface area contributed by atoms with E-state index in [1.165, 1.54) is 5.56 Å². The molecule has 1 aromatic carbocycles. The van der Waals surface area contributed by atoms with Gasteiger partial charge in [0.15, 0.2) is 0 Å². The first kappa shape index (κ1) is 9.69. The van der Waals surface area contributed by atoms with Crippen LogP contribution in [0.3, 0.4) is 0 Å². The van der Waals surface area contributed by atoms with Gasteiger partial charge in [-0.3, -0.25) is 0 Å². The van der Waals surface area contributed by atoms with Gasteiger partial charge in [0.25, 0.3) is 0 Å². The SMILES string of the molecule is CC1CC(O)CC(c2ccccc2)N1. The van der Waals surface area contributed by atoms with E-state index in [-0.39, 0.29) is 6.10 Å². The van der Waals surface area contributed by atoms with Crippen molar-refractivity contribution in [3.05, 3.63) is 35.9 Å². The highest BCUT2D eigenvalue weighted by Gasteiger charge is 2.24. The second kappa shape index (κ2) is 4.11. The van der Waals surface area contributed by atoms with Crippen LogP contribution in [0.2, 0.25) is 0 Å². The predicted octanol–water partition coefficient (Wildman–Crippen LogP) is 1.86. The van der Waals surface area contributed by atoms with Crippen molar-refractivity contribution < 1.29 is 5.11 Å². The molecule has 3 unspecified atom stereocenters. The molecule has 0 spiro atoms. The molecule has 0 radical (unpaired) electrons. The molecule has 0 aliphatic carbocycles. The lowest BCUT2D eigenvalue weighted by atomic mass is 9.92. The largest absolute Gasteiger partial charge is 0.393 e. The first-order chi connectivity index (χ1) is 6.75. The summed E-state index contributed by atoms with van der Waals surface area (Å²) in [7, 11) is 0. The Hall–Kier alpha value is -0.860. The highest BCUT2D eigenvalue weighted by molar-refractivity contribution is 5.19. The molecule has 0 aromatic heterocycles. The molecule has 1 saturated heterocycles. The Bertz CT molecular complexity index is 276. The molecule has 1 heterocycles. The Morgan fingerprint density at radius 3 is 2.57 bits per heavy atom. The zero-order valence-corrected chi connectivity index (χ0v) is 8.48. The van der Waals surface area contributed by atoms with Crippen molar-refractivity contribution in [2.75, 3.05) is 0 Å². The molecular formula is C12H17NO. The zero-order chi connectivity index (χ0) is 9.97. The van der Waals surface area contributed by atoms with Crippen molar-refractivity contribution in [2.45, 2.75) is 38.0 Å². The smallest absolute Gasteiger partial charge is 0.0573 e. The predicted molar refractivity (Wildman–Crippen MR) is 57.0 cm³/mol. The Kier molecular flexibility index (Phi) is 2.85. The third-order valence-corrected chi connectivity index (χ3v) is 2.82. The molecule has 2 nitrogen and oxygen atoms in total. The van der Waals surface area contributed by atoms with Crippen LogP contribution in [0, 0.1) is 0 Å². The standard InChI is InChI=1S/C12H17NO/c1-9-7-11(14)8-12(13-9)10-5-3-2-4-6-10/h2-6,9,11-14H,7-8H2,1H3. The second-order valence-corrected chi connectivity index (χ2v) is 4.16. The first-order valence-corrected chi connectivity index (χ1v) is 5.25. The molecule has 1 aliphatic heterocycles. The lowest BCUT2D eigenvalue weighted by Gasteiger charge is -2.32. The average Bonchev–Trinajstić information content (AvgIpc) is 2.18. The van der Waals surface area contributed by atoms with Crippen LogP contribution >= 0.6 is 0 Å². The van der Waals surface area contributed by atoms with Gasteiger partial charge >= 0.3 is 0 Å². The molecular weight excluding hydrogens is 174 g/mol. The van der Waals surface area contributed by atoms with Gasteiger partial charge in [0.05, 0.1) is 6.10 Å². The van der Waals surface area contributed by atoms with E-state index in [4.69, 9.17) is 0 Å². The monoisotopic (exact) mass is 191 g/mol. The molecule has 3 atom stereocenters. The van der Waals surface area contributed by atoms with Gasteiger partial charge in [-0.1, -0.05) is 30.3 Å². The van der Waals surface area contributed by atoms with Crippen LogP contribution in [0.1, 0.15) is 31.4 Å². The summed E-state index contributed by atoms with van der Waals surface area (Å²) in [6.45, 7) is 2.12. The van der Waals surface area contributed by atoms with Crippen LogP contribution in [0.15, 0.2) is 30.3 Å². The molecule has 2 rings (SSSR count). The van der Waals surface area contributed by atoms with E-state index in [0.29, 0.717) is 12.1 Å². The Morgan fingerprint density at radius 2 is 1.93 bits per heavy atom. The minimum atomic E-state index is -0.156. The molecule has 14 heavy (non-hydrogen) atoms. The fourth-order valence-corrected chi connectivity index (χ4v) is 2.17. The number of hydrogen-bond donors (Lipinski definition) is 2. The normalized spacial score (nSPS) is 32.9. The first-order valence-electron chi connectivity index (χ1n) is 5.25. The number of piperidine rings is 1.